The van der Waals surface area contributed by atoms with Crippen LogP contribution in [0.2, 0.25) is 5.02 Å². The van der Waals surface area contributed by atoms with Crippen LogP contribution in [0.1, 0.15) is 32.3 Å². The van der Waals surface area contributed by atoms with Crippen LogP contribution in [0.4, 0.5) is 0 Å². The van der Waals surface area contributed by atoms with E-state index in [2.05, 4.69) is 13.8 Å². The Labute approximate surface area is 113 Å². The minimum atomic E-state index is 0.307. The minimum Gasteiger partial charge on any atom is -0.494 e. The smallest absolute Gasteiger partial charge is 0.120 e. The zero-order valence-corrected chi connectivity index (χ0v) is 11.8. The van der Waals surface area contributed by atoms with Gasteiger partial charge in [0.25, 0.3) is 0 Å². The molecular formula is C13H18ClNOS. The molecule has 1 rings (SSSR count). The molecule has 0 aliphatic rings. The fourth-order valence-corrected chi connectivity index (χ4v) is 1.97. The predicted molar refractivity (Wildman–Crippen MR) is 76.9 cm³/mol. The van der Waals surface area contributed by atoms with Gasteiger partial charge in [-0.15, -0.1) is 0 Å². The molecule has 0 unspecified atom stereocenters. The van der Waals surface area contributed by atoms with E-state index in [-0.39, 0.29) is 0 Å². The van der Waals surface area contributed by atoms with E-state index < -0.39 is 0 Å². The van der Waals surface area contributed by atoms with Crippen molar-refractivity contribution in [1.82, 2.24) is 0 Å². The monoisotopic (exact) mass is 271 g/mol. The van der Waals surface area contributed by atoms with Crippen LogP contribution in [0.3, 0.4) is 0 Å². The van der Waals surface area contributed by atoms with Gasteiger partial charge in [-0.1, -0.05) is 37.7 Å². The Bertz CT molecular complexity index is 393. The molecule has 0 aliphatic heterocycles. The molecule has 17 heavy (non-hydrogen) atoms. The Morgan fingerprint density at radius 1 is 1.47 bits per heavy atom. The number of ether oxygens (including phenoxy) is 1. The highest BCUT2D eigenvalue weighted by molar-refractivity contribution is 7.80. The van der Waals surface area contributed by atoms with Crippen LogP contribution in [0.15, 0.2) is 18.2 Å². The van der Waals surface area contributed by atoms with Gasteiger partial charge in [-0.2, -0.15) is 0 Å². The molecular weight excluding hydrogens is 254 g/mol. The van der Waals surface area contributed by atoms with Gasteiger partial charge in [0.1, 0.15) is 10.7 Å². The van der Waals surface area contributed by atoms with Gasteiger partial charge in [-0.05, 0) is 37.0 Å². The third-order valence-corrected chi connectivity index (χ3v) is 2.93. The highest BCUT2D eigenvalue weighted by atomic mass is 35.5. The molecule has 0 bridgehead atoms. The standard InChI is InChI=1S/C13H18ClNOS/c1-9(2)4-3-7-16-10-5-6-11(13(15)17)12(14)8-10/h5-6,8-9H,3-4,7H2,1-2H3,(H2,15,17). The lowest BCUT2D eigenvalue weighted by Crippen LogP contribution is -2.10. The number of nitrogens with two attached hydrogens (primary N) is 1. The second-order valence-corrected chi connectivity index (χ2v) is 5.24. The van der Waals surface area contributed by atoms with E-state index in [0.717, 1.165) is 12.2 Å². The minimum absolute atomic E-state index is 0.307. The summed E-state index contributed by atoms with van der Waals surface area (Å²) in [5.74, 6) is 1.47. The first-order valence-corrected chi connectivity index (χ1v) is 6.51. The summed E-state index contributed by atoms with van der Waals surface area (Å²) >= 11 is 10.9. The molecule has 0 amide bonds. The molecule has 0 saturated carbocycles. The molecule has 94 valence electrons. The van der Waals surface area contributed by atoms with Gasteiger partial charge in [0.15, 0.2) is 0 Å². The summed E-state index contributed by atoms with van der Waals surface area (Å²) in [6.07, 6.45) is 2.21. The van der Waals surface area contributed by atoms with Crippen LogP contribution in [-0.4, -0.2) is 11.6 Å². The number of rotatable bonds is 6. The zero-order valence-electron chi connectivity index (χ0n) is 10.2. The number of hydrogen-bond acceptors (Lipinski definition) is 2. The zero-order chi connectivity index (χ0) is 12.8. The number of halogens is 1. The van der Waals surface area contributed by atoms with Crippen molar-refractivity contribution in [1.29, 1.82) is 0 Å². The lowest BCUT2D eigenvalue weighted by molar-refractivity contribution is 0.298. The van der Waals surface area contributed by atoms with E-state index in [0.29, 0.717) is 28.1 Å². The molecule has 0 spiro atoms. The maximum Gasteiger partial charge on any atom is 0.120 e. The number of thiocarbonyl (C=S) groups is 1. The summed E-state index contributed by atoms with van der Waals surface area (Å²) in [7, 11) is 0. The molecule has 0 fully saturated rings. The van der Waals surface area contributed by atoms with Gasteiger partial charge in [-0.25, -0.2) is 0 Å². The molecule has 0 aliphatic carbocycles. The topological polar surface area (TPSA) is 35.2 Å². The van der Waals surface area contributed by atoms with Gasteiger partial charge < -0.3 is 10.5 Å². The maximum absolute atomic E-state index is 6.04. The number of hydrogen-bond donors (Lipinski definition) is 1. The summed E-state index contributed by atoms with van der Waals surface area (Å²) in [6.45, 7) is 5.11. The summed E-state index contributed by atoms with van der Waals surface area (Å²) in [4.78, 5) is 0.307. The van der Waals surface area contributed by atoms with Crippen LogP contribution in [0.5, 0.6) is 5.75 Å². The lowest BCUT2D eigenvalue weighted by Gasteiger charge is -2.09. The normalized spacial score (nSPS) is 10.6. The van der Waals surface area contributed by atoms with Crippen molar-refractivity contribution in [2.24, 2.45) is 11.7 Å². The molecule has 0 radical (unpaired) electrons. The van der Waals surface area contributed by atoms with Crippen LogP contribution in [0.25, 0.3) is 0 Å². The first kappa shape index (κ1) is 14.3. The SMILES string of the molecule is CC(C)CCCOc1ccc(C(N)=S)c(Cl)c1. The van der Waals surface area contributed by atoms with Crippen molar-refractivity contribution in [3.63, 3.8) is 0 Å². The molecule has 2 nitrogen and oxygen atoms in total. The fraction of sp³-hybridized carbons (Fsp3) is 0.462. The molecule has 0 heterocycles. The van der Waals surface area contributed by atoms with Crippen LogP contribution < -0.4 is 10.5 Å². The van der Waals surface area contributed by atoms with Gasteiger partial charge in [-0.3, -0.25) is 0 Å². The van der Waals surface area contributed by atoms with E-state index in [1.807, 2.05) is 6.07 Å². The number of benzene rings is 1. The first-order valence-electron chi connectivity index (χ1n) is 5.73. The summed E-state index contributed by atoms with van der Waals surface area (Å²) in [6, 6.07) is 5.39. The van der Waals surface area contributed by atoms with E-state index in [4.69, 9.17) is 34.3 Å². The van der Waals surface area contributed by atoms with E-state index >= 15 is 0 Å². The Morgan fingerprint density at radius 3 is 2.71 bits per heavy atom. The van der Waals surface area contributed by atoms with Crippen molar-refractivity contribution in [3.05, 3.63) is 28.8 Å². The molecule has 0 saturated heterocycles. The average molecular weight is 272 g/mol. The molecule has 0 aromatic heterocycles. The Kier molecular flexibility index (Phi) is 5.72. The van der Waals surface area contributed by atoms with Crippen molar-refractivity contribution >= 4 is 28.8 Å². The lowest BCUT2D eigenvalue weighted by atomic mass is 10.1. The second-order valence-electron chi connectivity index (χ2n) is 4.39. The summed E-state index contributed by atoms with van der Waals surface area (Å²) in [5, 5.41) is 0.541. The highest BCUT2D eigenvalue weighted by Crippen LogP contribution is 2.22. The van der Waals surface area contributed by atoms with Crippen LogP contribution in [-0.2, 0) is 0 Å². The van der Waals surface area contributed by atoms with Gasteiger partial charge in [0.2, 0.25) is 0 Å². The van der Waals surface area contributed by atoms with E-state index in [1.165, 1.54) is 6.42 Å². The molecule has 1 aromatic rings. The Morgan fingerprint density at radius 2 is 2.18 bits per heavy atom. The van der Waals surface area contributed by atoms with E-state index in [9.17, 15) is 0 Å². The third-order valence-electron chi connectivity index (χ3n) is 2.40. The van der Waals surface area contributed by atoms with Crippen LogP contribution >= 0.6 is 23.8 Å². The highest BCUT2D eigenvalue weighted by Gasteiger charge is 2.05. The Balaban J connectivity index is 2.50. The average Bonchev–Trinajstić information content (AvgIpc) is 2.23. The molecule has 4 heteroatoms. The summed E-state index contributed by atoms with van der Waals surface area (Å²) in [5.41, 5.74) is 6.22. The molecule has 1 aromatic carbocycles. The maximum atomic E-state index is 6.04. The largest absolute Gasteiger partial charge is 0.494 e. The van der Waals surface area contributed by atoms with Gasteiger partial charge in [0.05, 0.1) is 11.6 Å². The molecule has 0 atom stereocenters. The van der Waals surface area contributed by atoms with Crippen molar-refractivity contribution < 1.29 is 4.74 Å². The quantitative estimate of drug-likeness (QED) is 0.632. The third kappa shape index (κ3) is 4.92. The first-order chi connectivity index (χ1) is 8.00. The van der Waals surface area contributed by atoms with Crippen molar-refractivity contribution in [2.75, 3.05) is 6.61 Å². The fourth-order valence-electron chi connectivity index (χ4n) is 1.47. The van der Waals surface area contributed by atoms with Gasteiger partial charge >= 0.3 is 0 Å². The van der Waals surface area contributed by atoms with Crippen molar-refractivity contribution in [2.45, 2.75) is 26.7 Å². The molecule has 2 N–H and O–H groups in total. The van der Waals surface area contributed by atoms with E-state index in [1.54, 1.807) is 12.1 Å². The summed E-state index contributed by atoms with van der Waals surface area (Å²) < 4.78 is 5.60. The van der Waals surface area contributed by atoms with Crippen molar-refractivity contribution in [3.8, 4) is 5.75 Å². The second kappa shape index (κ2) is 6.82. The van der Waals surface area contributed by atoms with Gasteiger partial charge in [0, 0.05) is 5.56 Å². The Hall–Kier alpha value is -0.800. The van der Waals surface area contributed by atoms with Crippen LogP contribution in [0, 0.1) is 5.92 Å². The predicted octanol–water partition coefficient (Wildman–Crippen LogP) is 3.79.